The first-order valence-corrected chi connectivity index (χ1v) is 10.5. The molecule has 3 aromatic rings. The summed E-state index contributed by atoms with van der Waals surface area (Å²) in [5.41, 5.74) is 4.65. The molecule has 6 heteroatoms. The Balaban J connectivity index is 1.27. The molecule has 1 aromatic heterocycles. The van der Waals surface area contributed by atoms with Crippen LogP contribution >= 0.6 is 0 Å². The number of benzene rings is 2. The Morgan fingerprint density at radius 1 is 1.13 bits per heavy atom. The third-order valence-electron chi connectivity index (χ3n) is 5.55. The van der Waals surface area contributed by atoms with Crippen LogP contribution in [0.5, 0.6) is 5.75 Å². The minimum atomic E-state index is -0.291. The zero-order valence-corrected chi connectivity index (χ0v) is 17.6. The number of fused-ring (bicyclic) bond motifs is 1. The Labute approximate surface area is 181 Å². The first kappa shape index (κ1) is 20.9. The van der Waals surface area contributed by atoms with E-state index in [2.05, 4.69) is 29.6 Å². The van der Waals surface area contributed by atoms with Crippen LogP contribution in [0, 0.1) is 6.92 Å². The quantitative estimate of drug-likeness (QED) is 0.613. The van der Waals surface area contributed by atoms with Gasteiger partial charge >= 0.3 is 0 Å². The lowest BCUT2D eigenvalue weighted by molar-refractivity contribution is -0.930. The maximum atomic E-state index is 12.4. The summed E-state index contributed by atoms with van der Waals surface area (Å²) in [6.07, 6.45) is 2.33. The monoisotopic (exact) mass is 419 g/mol. The van der Waals surface area contributed by atoms with E-state index in [4.69, 9.17) is 9.15 Å². The molecule has 0 spiro atoms. The number of carbonyl (C=O) groups is 1. The minimum Gasteiger partial charge on any atom is -0.477 e. The highest BCUT2D eigenvalue weighted by molar-refractivity contribution is 5.77. The summed E-state index contributed by atoms with van der Waals surface area (Å²) in [5, 5.41) is 2.78. The fraction of sp³-hybridized carbons (Fsp3) is 0.280. The van der Waals surface area contributed by atoms with Gasteiger partial charge in [-0.05, 0) is 18.1 Å². The van der Waals surface area contributed by atoms with Gasteiger partial charge in [-0.3, -0.25) is 9.59 Å². The fourth-order valence-corrected chi connectivity index (χ4v) is 3.78. The van der Waals surface area contributed by atoms with Crippen molar-refractivity contribution < 1.29 is 18.8 Å². The van der Waals surface area contributed by atoms with E-state index in [-0.39, 0.29) is 23.7 Å². The second kappa shape index (κ2) is 9.62. The van der Waals surface area contributed by atoms with Gasteiger partial charge in [-0.1, -0.05) is 54.1 Å². The molecule has 0 aliphatic carbocycles. The highest BCUT2D eigenvalue weighted by Gasteiger charge is 2.20. The maximum absolute atomic E-state index is 12.4. The molecule has 1 aliphatic heterocycles. The standard InChI is InChI=1S/C25H26N2O4/c1-18-6-8-19(9-7-18)13-26-25(29)17-31-24-16-30-22(12-23(24)28)15-27-11-10-20-4-2-3-5-21(20)14-27/h2-9,12,16H,10-11,13-15,17H2,1H3,(H,26,29)/p+1. The van der Waals surface area contributed by atoms with E-state index < -0.39 is 0 Å². The lowest BCUT2D eigenvalue weighted by atomic mass is 10.00. The van der Waals surface area contributed by atoms with Crippen LogP contribution in [0.4, 0.5) is 0 Å². The summed E-state index contributed by atoms with van der Waals surface area (Å²) in [7, 11) is 0. The molecule has 160 valence electrons. The number of nitrogens with one attached hydrogen (secondary N) is 2. The van der Waals surface area contributed by atoms with Crippen molar-refractivity contribution in [3.8, 4) is 5.75 Å². The second-order valence-electron chi connectivity index (χ2n) is 8.00. The van der Waals surface area contributed by atoms with E-state index in [0.29, 0.717) is 18.8 Å². The van der Waals surface area contributed by atoms with Crippen molar-refractivity contribution in [2.75, 3.05) is 13.2 Å². The van der Waals surface area contributed by atoms with Crippen LogP contribution in [0.3, 0.4) is 0 Å². The number of hydrogen-bond donors (Lipinski definition) is 2. The van der Waals surface area contributed by atoms with Gasteiger partial charge in [0.25, 0.3) is 5.91 Å². The predicted octanol–water partition coefficient (Wildman–Crippen LogP) is 1.78. The van der Waals surface area contributed by atoms with Crippen LogP contribution in [0.2, 0.25) is 0 Å². The molecule has 0 bridgehead atoms. The maximum Gasteiger partial charge on any atom is 0.258 e. The van der Waals surface area contributed by atoms with Gasteiger partial charge in [0.05, 0.1) is 6.54 Å². The zero-order valence-electron chi connectivity index (χ0n) is 17.6. The Kier molecular flexibility index (Phi) is 6.48. The summed E-state index contributed by atoms with van der Waals surface area (Å²) < 4.78 is 11.0. The van der Waals surface area contributed by atoms with Gasteiger partial charge in [0.1, 0.15) is 19.4 Å². The third-order valence-corrected chi connectivity index (χ3v) is 5.55. The summed E-state index contributed by atoms with van der Waals surface area (Å²) in [4.78, 5) is 25.8. The fourth-order valence-electron chi connectivity index (χ4n) is 3.78. The lowest BCUT2D eigenvalue weighted by Gasteiger charge is -2.25. The van der Waals surface area contributed by atoms with Gasteiger partial charge in [0.15, 0.2) is 12.4 Å². The van der Waals surface area contributed by atoms with E-state index in [0.717, 1.165) is 25.1 Å². The second-order valence-corrected chi connectivity index (χ2v) is 8.00. The largest absolute Gasteiger partial charge is 0.477 e. The van der Waals surface area contributed by atoms with Gasteiger partial charge in [-0.15, -0.1) is 0 Å². The van der Waals surface area contributed by atoms with Crippen LogP contribution in [0.1, 0.15) is 28.0 Å². The normalized spacial score (nSPS) is 15.2. The van der Waals surface area contributed by atoms with E-state index >= 15 is 0 Å². The van der Waals surface area contributed by atoms with Crippen LogP contribution in [-0.4, -0.2) is 19.1 Å². The first-order valence-electron chi connectivity index (χ1n) is 10.5. The molecular weight excluding hydrogens is 392 g/mol. The molecular formula is C25H27N2O4+. The molecule has 0 saturated heterocycles. The lowest BCUT2D eigenvalue weighted by Crippen LogP contribution is -3.10. The third kappa shape index (κ3) is 5.61. The number of hydrogen-bond acceptors (Lipinski definition) is 4. The Bertz CT molecular complexity index is 1110. The summed E-state index contributed by atoms with van der Waals surface area (Å²) in [5.74, 6) is 0.379. The molecule has 1 unspecified atom stereocenters. The van der Waals surface area contributed by atoms with Crippen molar-refractivity contribution in [3.63, 3.8) is 0 Å². The molecule has 2 heterocycles. The molecule has 2 N–H and O–H groups in total. The summed E-state index contributed by atoms with van der Waals surface area (Å²) in [6, 6.07) is 17.9. The first-order chi connectivity index (χ1) is 15.1. The molecule has 1 amide bonds. The molecule has 0 radical (unpaired) electrons. The Morgan fingerprint density at radius 2 is 1.90 bits per heavy atom. The molecule has 4 rings (SSSR count). The number of aryl methyl sites for hydroxylation is 1. The average molecular weight is 420 g/mol. The van der Waals surface area contributed by atoms with Gasteiger partial charge in [-0.2, -0.15) is 0 Å². The van der Waals surface area contributed by atoms with Crippen molar-refractivity contribution >= 4 is 5.91 Å². The summed E-state index contributed by atoms with van der Waals surface area (Å²) in [6.45, 7) is 4.75. The van der Waals surface area contributed by atoms with Crippen LogP contribution in [-0.2, 0) is 30.8 Å². The topological polar surface area (TPSA) is 73.0 Å². The number of ether oxygens (including phenoxy) is 1. The zero-order chi connectivity index (χ0) is 21.6. The highest BCUT2D eigenvalue weighted by atomic mass is 16.5. The highest BCUT2D eigenvalue weighted by Crippen LogP contribution is 2.11. The van der Waals surface area contributed by atoms with Gasteiger partial charge in [0, 0.05) is 24.6 Å². The van der Waals surface area contributed by atoms with Crippen molar-refractivity contribution in [1.29, 1.82) is 0 Å². The smallest absolute Gasteiger partial charge is 0.258 e. The van der Waals surface area contributed by atoms with Crippen molar-refractivity contribution in [1.82, 2.24) is 5.32 Å². The van der Waals surface area contributed by atoms with Crippen molar-refractivity contribution in [3.05, 3.63) is 99.1 Å². The van der Waals surface area contributed by atoms with Crippen LogP contribution in [0.25, 0.3) is 0 Å². The Morgan fingerprint density at radius 3 is 2.68 bits per heavy atom. The van der Waals surface area contributed by atoms with E-state index in [1.807, 2.05) is 31.2 Å². The van der Waals surface area contributed by atoms with E-state index in [1.54, 1.807) is 0 Å². The van der Waals surface area contributed by atoms with Gasteiger partial charge < -0.3 is 19.4 Å². The molecule has 0 fully saturated rings. The van der Waals surface area contributed by atoms with Crippen LogP contribution in [0.15, 0.2) is 70.1 Å². The summed E-state index contributed by atoms with van der Waals surface area (Å²) >= 11 is 0. The number of rotatable bonds is 7. The van der Waals surface area contributed by atoms with Crippen molar-refractivity contribution in [2.45, 2.75) is 33.0 Å². The Hall–Kier alpha value is -3.38. The van der Waals surface area contributed by atoms with Gasteiger partial charge in [0.2, 0.25) is 11.2 Å². The number of quaternary nitrogens is 1. The van der Waals surface area contributed by atoms with Crippen LogP contribution < -0.4 is 20.4 Å². The SMILES string of the molecule is Cc1ccc(CNC(=O)COc2coc(C[NH+]3CCc4ccccc4C3)cc2=O)cc1. The molecule has 31 heavy (non-hydrogen) atoms. The van der Waals surface area contributed by atoms with E-state index in [9.17, 15) is 9.59 Å². The number of amides is 1. The minimum absolute atomic E-state index is 0.0493. The molecule has 1 aliphatic rings. The van der Waals surface area contributed by atoms with Crippen molar-refractivity contribution in [2.24, 2.45) is 0 Å². The van der Waals surface area contributed by atoms with E-state index in [1.165, 1.54) is 33.9 Å². The van der Waals surface area contributed by atoms with Gasteiger partial charge in [-0.25, -0.2) is 0 Å². The number of carbonyl (C=O) groups excluding carboxylic acids is 1. The molecule has 6 nitrogen and oxygen atoms in total. The average Bonchev–Trinajstić information content (AvgIpc) is 2.78. The molecule has 2 aromatic carbocycles. The predicted molar refractivity (Wildman–Crippen MR) is 117 cm³/mol. The molecule has 1 atom stereocenters. The molecule has 0 saturated carbocycles.